The Hall–Kier alpha value is 0. The number of halogens is 1. The van der Waals surface area contributed by atoms with Crippen LogP contribution in [0.25, 0.3) is 0 Å². The average Bonchev–Trinajstić information content (AvgIpc) is 2.67. The molecule has 1 heterocycles. The van der Waals surface area contributed by atoms with Crippen LogP contribution >= 0.6 is 27.7 Å². The van der Waals surface area contributed by atoms with Gasteiger partial charge in [0, 0.05) is 30.0 Å². The summed E-state index contributed by atoms with van der Waals surface area (Å²) in [6.45, 7) is 12.3. The van der Waals surface area contributed by atoms with Crippen molar-refractivity contribution in [3.63, 3.8) is 0 Å². The zero-order valence-corrected chi connectivity index (χ0v) is 16.7. The topological polar surface area (TPSA) is 29.9 Å². The Morgan fingerprint density at radius 3 is 2.48 bits per heavy atom. The van der Waals surface area contributed by atoms with Crippen molar-refractivity contribution >= 4 is 27.7 Å². The summed E-state index contributed by atoms with van der Waals surface area (Å²) >= 11 is 5.76. The molecule has 1 aromatic heterocycles. The molecule has 0 spiro atoms. The van der Waals surface area contributed by atoms with Gasteiger partial charge < -0.3 is 5.32 Å². The molecule has 3 nitrogen and oxygen atoms in total. The fraction of sp³-hybridized carbons (Fsp3) is 0.812. The molecule has 1 rings (SSSR count). The minimum atomic E-state index is 0.310. The van der Waals surface area contributed by atoms with Crippen LogP contribution in [-0.2, 0) is 19.9 Å². The van der Waals surface area contributed by atoms with Crippen LogP contribution in [-0.4, -0.2) is 32.9 Å². The lowest BCUT2D eigenvalue weighted by Gasteiger charge is -2.24. The Morgan fingerprint density at radius 1 is 1.33 bits per heavy atom. The summed E-state index contributed by atoms with van der Waals surface area (Å²) in [5, 5.41) is 8.30. The fourth-order valence-corrected chi connectivity index (χ4v) is 3.88. The minimum absolute atomic E-state index is 0.310. The van der Waals surface area contributed by atoms with Gasteiger partial charge in [-0.25, -0.2) is 0 Å². The zero-order chi connectivity index (χ0) is 16.0. The molecule has 122 valence electrons. The Kier molecular flexibility index (Phi) is 7.79. The molecule has 5 heteroatoms. The summed E-state index contributed by atoms with van der Waals surface area (Å²) in [5.41, 5.74) is 2.46. The summed E-state index contributed by atoms with van der Waals surface area (Å²) in [6, 6.07) is 0.491. The van der Waals surface area contributed by atoms with Gasteiger partial charge in [0.15, 0.2) is 0 Å². The van der Waals surface area contributed by atoms with Crippen LogP contribution in [0.15, 0.2) is 4.47 Å². The lowest BCUT2D eigenvalue weighted by molar-refractivity contribution is 0.529. The first kappa shape index (κ1) is 19.0. The smallest absolute Gasteiger partial charge is 0.0766 e. The second-order valence-corrected chi connectivity index (χ2v) is 9.10. The first-order valence-corrected chi connectivity index (χ1v) is 9.63. The molecule has 0 saturated heterocycles. The van der Waals surface area contributed by atoms with E-state index < -0.39 is 0 Å². The van der Waals surface area contributed by atoms with E-state index in [1.54, 1.807) is 0 Å². The third-order valence-electron chi connectivity index (χ3n) is 3.34. The van der Waals surface area contributed by atoms with Gasteiger partial charge in [-0.05, 0) is 35.3 Å². The maximum atomic E-state index is 4.61. The molecule has 0 bridgehead atoms. The number of aryl methyl sites for hydroxylation is 2. The molecule has 0 saturated carbocycles. The second-order valence-electron chi connectivity index (χ2n) is 6.46. The zero-order valence-electron chi connectivity index (χ0n) is 14.3. The van der Waals surface area contributed by atoms with E-state index in [0.29, 0.717) is 10.8 Å². The molecular formula is C16H30BrN3S. The van der Waals surface area contributed by atoms with Gasteiger partial charge in [0.25, 0.3) is 0 Å². The molecule has 21 heavy (non-hydrogen) atoms. The van der Waals surface area contributed by atoms with E-state index >= 15 is 0 Å². The third-order valence-corrected chi connectivity index (χ3v) is 5.69. The molecule has 1 aromatic rings. The number of nitrogens with one attached hydrogen (secondary N) is 1. The highest BCUT2D eigenvalue weighted by molar-refractivity contribution is 9.10. The van der Waals surface area contributed by atoms with Gasteiger partial charge in [-0.3, -0.25) is 4.68 Å². The van der Waals surface area contributed by atoms with Crippen molar-refractivity contribution < 1.29 is 0 Å². The monoisotopic (exact) mass is 375 g/mol. The normalized spacial score (nSPS) is 13.7. The van der Waals surface area contributed by atoms with Gasteiger partial charge in [-0.1, -0.05) is 34.6 Å². The second kappa shape index (κ2) is 8.59. The van der Waals surface area contributed by atoms with Gasteiger partial charge in [0.1, 0.15) is 0 Å². The van der Waals surface area contributed by atoms with E-state index in [4.69, 9.17) is 0 Å². The number of rotatable bonds is 8. The van der Waals surface area contributed by atoms with Crippen LogP contribution < -0.4 is 5.32 Å². The number of nitrogens with zero attached hydrogens (tertiary/aromatic N) is 2. The van der Waals surface area contributed by atoms with Crippen molar-refractivity contribution in [3.8, 4) is 0 Å². The third kappa shape index (κ3) is 6.33. The van der Waals surface area contributed by atoms with Crippen molar-refractivity contribution in [1.29, 1.82) is 0 Å². The van der Waals surface area contributed by atoms with Crippen LogP contribution in [0.3, 0.4) is 0 Å². The maximum absolute atomic E-state index is 4.61. The summed E-state index contributed by atoms with van der Waals surface area (Å²) in [5.74, 6) is 1.13. The molecule has 0 radical (unpaired) electrons. The molecule has 0 aliphatic heterocycles. The highest BCUT2D eigenvalue weighted by atomic mass is 79.9. The number of thioether (sulfide) groups is 1. The molecule has 0 amide bonds. The standard InChI is InChI=1S/C16H30BrN3S/c1-7-9-18-12(11-21-16(3,4)5)10-14-15(17)13(8-2)19-20(14)6/h12,18H,7-11H2,1-6H3. The Labute approximate surface area is 142 Å². The summed E-state index contributed by atoms with van der Waals surface area (Å²) in [7, 11) is 2.05. The van der Waals surface area contributed by atoms with Gasteiger partial charge in [0.05, 0.1) is 15.9 Å². The Morgan fingerprint density at radius 2 is 2.00 bits per heavy atom. The van der Waals surface area contributed by atoms with Crippen molar-refractivity contribution in [1.82, 2.24) is 15.1 Å². The molecule has 1 atom stereocenters. The Balaban J connectivity index is 2.78. The Bertz CT molecular complexity index is 437. The largest absolute Gasteiger partial charge is 0.313 e. The van der Waals surface area contributed by atoms with Gasteiger partial charge in [0.2, 0.25) is 0 Å². The highest BCUT2D eigenvalue weighted by Crippen LogP contribution is 2.27. The lowest BCUT2D eigenvalue weighted by Crippen LogP contribution is -2.35. The number of hydrogen-bond donors (Lipinski definition) is 1. The summed E-state index contributed by atoms with van der Waals surface area (Å²) in [4.78, 5) is 0. The highest BCUT2D eigenvalue weighted by Gasteiger charge is 2.20. The molecule has 0 aliphatic rings. The SMILES string of the molecule is CCCNC(CSC(C)(C)C)Cc1c(Br)c(CC)nn1C. The van der Waals surface area contributed by atoms with Crippen LogP contribution in [0.4, 0.5) is 0 Å². The molecule has 0 fully saturated rings. The minimum Gasteiger partial charge on any atom is -0.313 e. The summed E-state index contributed by atoms with van der Waals surface area (Å²) in [6.07, 6.45) is 3.16. The van der Waals surface area contributed by atoms with Gasteiger partial charge >= 0.3 is 0 Å². The molecule has 1 N–H and O–H groups in total. The molecule has 0 aromatic carbocycles. The van der Waals surface area contributed by atoms with E-state index in [-0.39, 0.29) is 0 Å². The van der Waals surface area contributed by atoms with Crippen molar-refractivity contribution in [2.75, 3.05) is 12.3 Å². The quantitative estimate of drug-likeness (QED) is 0.738. The first-order chi connectivity index (χ1) is 9.78. The van der Waals surface area contributed by atoms with E-state index in [1.165, 1.54) is 16.6 Å². The first-order valence-electron chi connectivity index (χ1n) is 7.86. The van der Waals surface area contributed by atoms with E-state index in [2.05, 4.69) is 61.0 Å². The van der Waals surface area contributed by atoms with Crippen LogP contribution in [0.2, 0.25) is 0 Å². The van der Waals surface area contributed by atoms with Crippen LogP contribution in [0, 0.1) is 0 Å². The van der Waals surface area contributed by atoms with E-state index in [0.717, 1.165) is 30.8 Å². The lowest BCUT2D eigenvalue weighted by atomic mass is 10.1. The maximum Gasteiger partial charge on any atom is 0.0766 e. The average molecular weight is 376 g/mol. The van der Waals surface area contributed by atoms with Crippen LogP contribution in [0.1, 0.15) is 52.4 Å². The molecule has 0 aliphatic carbocycles. The fourth-order valence-electron chi connectivity index (χ4n) is 2.16. The molecular weight excluding hydrogens is 346 g/mol. The predicted molar refractivity (Wildman–Crippen MR) is 98.3 cm³/mol. The predicted octanol–water partition coefficient (Wildman–Crippen LogP) is 4.19. The van der Waals surface area contributed by atoms with E-state index in [1.807, 2.05) is 23.5 Å². The molecule has 1 unspecified atom stereocenters. The van der Waals surface area contributed by atoms with Crippen molar-refractivity contribution in [2.24, 2.45) is 7.05 Å². The van der Waals surface area contributed by atoms with Crippen molar-refractivity contribution in [2.45, 2.75) is 64.7 Å². The van der Waals surface area contributed by atoms with Crippen LogP contribution in [0.5, 0.6) is 0 Å². The number of hydrogen-bond acceptors (Lipinski definition) is 3. The van der Waals surface area contributed by atoms with Gasteiger partial charge in [-0.2, -0.15) is 16.9 Å². The van der Waals surface area contributed by atoms with E-state index in [9.17, 15) is 0 Å². The summed E-state index contributed by atoms with van der Waals surface area (Å²) < 4.78 is 3.53. The van der Waals surface area contributed by atoms with Crippen molar-refractivity contribution in [3.05, 3.63) is 15.9 Å². The number of aromatic nitrogens is 2. The van der Waals surface area contributed by atoms with Gasteiger partial charge in [-0.15, -0.1) is 0 Å².